The molecule has 2 N–H and O–H groups in total. The van der Waals surface area contributed by atoms with Gasteiger partial charge in [-0.2, -0.15) is 0 Å². The van der Waals surface area contributed by atoms with Gasteiger partial charge in [-0.3, -0.25) is 4.31 Å². The Balaban J connectivity index is 2.25. The summed E-state index contributed by atoms with van der Waals surface area (Å²) in [5, 5.41) is -0.232. The molecule has 0 bridgehead atoms. The van der Waals surface area contributed by atoms with Crippen molar-refractivity contribution < 1.29 is 8.42 Å². The van der Waals surface area contributed by atoms with Crippen LogP contribution in [0.4, 0.5) is 5.69 Å². The molecule has 98 valence electrons. The molecule has 0 saturated heterocycles. The molecule has 0 radical (unpaired) electrons. The van der Waals surface area contributed by atoms with Crippen LogP contribution in [0.5, 0.6) is 0 Å². The van der Waals surface area contributed by atoms with Gasteiger partial charge in [0.25, 0.3) is 0 Å². The first-order valence-corrected chi connectivity index (χ1v) is 7.78. The highest BCUT2D eigenvalue weighted by Crippen LogP contribution is 2.33. The predicted octanol–water partition coefficient (Wildman–Crippen LogP) is 1.66. The van der Waals surface area contributed by atoms with Crippen molar-refractivity contribution in [3.05, 3.63) is 30.3 Å². The Hall–Kier alpha value is -1.14. The van der Waals surface area contributed by atoms with Gasteiger partial charge in [0, 0.05) is 13.0 Å². The molecule has 0 amide bonds. The van der Waals surface area contributed by atoms with E-state index >= 15 is 0 Å². The Morgan fingerprint density at radius 2 is 1.94 bits per heavy atom. The van der Waals surface area contributed by atoms with Gasteiger partial charge in [0.15, 0.2) is 0 Å². The summed E-state index contributed by atoms with van der Waals surface area (Å²) < 4.78 is 26.1. The summed E-state index contributed by atoms with van der Waals surface area (Å²) >= 11 is 4.82. The number of nitrogens with two attached hydrogens (primary N) is 1. The number of benzene rings is 1. The van der Waals surface area contributed by atoms with Gasteiger partial charge in [0.1, 0.15) is 0 Å². The highest BCUT2D eigenvalue weighted by Gasteiger charge is 2.40. The fourth-order valence-electron chi connectivity index (χ4n) is 1.76. The Kier molecular flexibility index (Phi) is 3.87. The molecule has 0 spiro atoms. The van der Waals surface area contributed by atoms with Gasteiger partial charge in [0.2, 0.25) is 10.0 Å². The van der Waals surface area contributed by atoms with Gasteiger partial charge in [-0.15, -0.1) is 0 Å². The first-order chi connectivity index (χ1) is 8.51. The lowest BCUT2D eigenvalue weighted by Gasteiger charge is -2.24. The van der Waals surface area contributed by atoms with E-state index in [4.69, 9.17) is 18.0 Å². The second kappa shape index (κ2) is 5.24. The smallest absolute Gasteiger partial charge is 0.238 e. The number of rotatable bonds is 6. The Bertz CT molecular complexity index is 524. The van der Waals surface area contributed by atoms with E-state index in [2.05, 4.69) is 0 Å². The van der Waals surface area contributed by atoms with Crippen molar-refractivity contribution in [1.82, 2.24) is 0 Å². The zero-order valence-corrected chi connectivity index (χ0v) is 11.6. The third kappa shape index (κ3) is 3.00. The summed E-state index contributed by atoms with van der Waals surface area (Å²) in [5.74, 6) is 0. The van der Waals surface area contributed by atoms with E-state index in [1.807, 2.05) is 18.2 Å². The molecular weight excluding hydrogens is 268 g/mol. The minimum absolute atomic E-state index is 0.232. The molecule has 0 atom stereocenters. The molecule has 1 aliphatic rings. The van der Waals surface area contributed by atoms with Crippen LogP contribution in [-0.2, 0) is 10.0 Å². The Labute approximate surface area is 113 Å². The molecule has 0 aliphatic heterocycles. The quantitative estimate of drug-likeness (QED) is 0.807. The molecule has 1 aliphatic carbocycles. The predicted molar refractivity (Wildman–Crippen MR) is 77.1 cm³/mol. The van der Waals surface area contributed by atoms with Crippen molar-refractivity contribution in [1.29, 1.82) is 0 Å². The highest BCUT2D eigenvalue weighted by molar-refractivity contribution is 7.93. The van der Waals surface area contributed by atoms with E-state index in [1.54, 1.807) is 12.1 Å². The fraction of sp³-hybridized carbons (Fsp3) is 0.417. The maximum atomic E-state index is 12.3. The minimum atomic E-state index is -3.26. The van der Waals surface area contributed by atoms with E-state index < -0.39 is 10.0 Å². The number of anilines is 1. The average molecular weight is 284 g/mol. The van der Waals surface area contributed by atoms with Crippen LogP contribution >= 0.6 is 12.2 Å². The molecule has 1 aromatic carbocycles. The van der Waals surface area contributed by atoms with Crippen LogP contribution in [0.25, 0.3) is 0 Å². The van der Waals surface area contributed by atoms with Gasteiger partial charge < -0.3 is 5.73 Å². The van der Waals surface area contributed by atoms with Crippen molar-refractivity contribution in [3.63, 3.8) is 0 Å². The van der Waals surface area contributed by atoms with Crippen LogP contribution in [0.15, 0.2) is 30.3 Å². The third-order valence-electron chi connectivity index (χ3n) is 2.86. The number of nitrogens with zero attached hydrogens (tertiary/aromatic N) is 1. The van der Waals surface area contributed by atoms with Crippen molar-refractivity contribution in [3.8, 4) is 0 Å². The third-order valence-corrected chi connectivity index (χ3v) is 5.38. The number of thiocarbonyl (C=S) groups is 1. The largest absolute Gasteiger partial charge is 0.393 e. The monoisotopic (exact) mass is 284 g/mol. The van der Waals surface area contributed by atoms with Crippen LogP contribution in [-0.4, -0.2) is 25.2 Å². The number of para-hydroxylation sites is 1. The van der Waals surface area contributed by atoms with Crippen LogP contribution in [0.1, 0.15) is 19.3 Å². The lowest BCUT2D eigenvalue weighted by atomic mass is 10.3. The van der Waals surface area contributed by atoms with Crippen LogP contribution < -0.4 is 10.0 Å². The number of hydrogen-bond acceptors (Lipinski definition) is 3. The topological polar surface area (TPSA) is 63.4 Å². The standard InChI is InChI=1S/C12H16N2O2S2/c13-12(17)8-9-14(10-4-2-1-3-5-10)18(15,16)11-6-7-11/h1-5,11H,6-9H2,(H2,13,17). The van der Waals surface area contributed by atoms with Crippen LogP contribution in [0.2, 0.25) is 0 Å². The second-order valence-electron chi connectivity index (χ2n) is 4.37. The van der Waals surface area contributed by atoms with Crippen molar-refractivity contribution in [2.75, 3.05) is 10.8 Å². The zero-order valence-electron chi connectivity index (χ0n) is 9.95. The van der Waals surface area contributed by atoms with Crippen molar-refractivity contribution in [2.45, 2.75) is 24.5 Å². The van der Waals surface area contributed by atoms with E-state index in [0.29, 0.717) is 23.6 Å². The summed E-state index contributed by atoms with van der Waals surface area (Å²) in [7, 11) is -3.26. The SMILES string of the molecule is NC(=S)CCN(c1ccccc1)S(=O)(=O)C1CC1. The summed E-state index contributed by atoms with van der Waals surface area (Å²) in [6.45, 7) is 0.318. The number of sulfonamides is 1. The van der Waals surface area contributed by atoms with Crippen LogP contribution in [0, 0.1) is 0 Å². The van der Waals surface area contributed by atoms with E-state index in [0.717, 1.165) is 12.8 Å². The number of hydrogen-bond donors (Lipinski definition) is 1. The average Bonchev–Trinajstić information content (AvgIpc) is 3.14. The molecule has 2 rings (SSSR count). The first kappa shape index (κ1) is 13.3. The first-order valence-electron chi connectivity index (χ1n) is 5.86. The van der Waals surface area contributed by atoms with E-state index in [9.17, 15) is 8.42 Å². The zero-order chi connectivity index (χ0) is 13.2. The van der Waals surface area contributed by atoms with Crippen molar-refractivity contribution >= 4 is 32.9 Å². The van der Waals surface area contributed by atoms with E-state index in [1.165, 1.54) is 4.31 Å². The van der Waals surface area contributed by atoms with Gasteiger partial charge in [0.05, 0.1) is 15.9 Å². The Morgan fingerprint density at radius 1 is 1.33 bits per heavy atom. The summed E-state index contributed by atoms with van der Waals surface area (Å²) in [5.41, 5.74) is 6.14. The van der Waals surface area contributed by atoms with Crippen molar-refractivity contribution in [2.24, 2.45) is 5.73 Å². The highest BCUT2D eigenvalue weighted by atomic mass is 32.2. The Morgan fingerprint density at radius 3 is 2.44 bits per heavy atom. The van der Waals surface area contributed by atoms with Crippen LogP contribution in [0.3, 0.4) is 0 Å². The molecule has 0 unspecified atom stereocenters. The van der Waals surface area contributed by atoms with Gasteiger partial charge in [-0.1, -0.05) is 30.4 Å². The van der Waals surface area contributed by atoms with Gasteiger partial charge in [-0.05, 0) is 25.0 Å². The molecular formula is C12H16N2O2S2. The summed E-state index contributed by atoms with van der Waals surface area (Å²) in [6.07, 6.45) is 1.90. The van der Waals surface area contributed by atoms with E-state index in [-0.39, 0.29) is 5.25 Å². The summed E-state index contributed by atoms with van der Waals surface area (Å²) in [4.78, 5) is 0.335. The lowest BCUT2D eigenvalue weighted by molar-refractivity contribution is 0.590. The maximum absolute atomic E-state index is 12.3. The molecule has 1 saturated carbocycles. The molecule has 1 aromatic rings. The maximum Gasteiger partial charge on any atom is 0.238 e. The lowest BCUT2D eigenvalue weighted by Crippen LogP contribution is -2.36. The minimum Gasteiger partial charge on any atom is -0.393 e. The normalized spacial score (nSPS) is 15.3. The van der Waals surface area contributed by atoms with Gasteiger partial charge >= 0.3 is 0 Å². The molecule has 1 fully saturated rings. The summed E-state index contributed by atoms with van der Waals surface area (Å²) in [6, 6.07) is 9.09. The molecule has 0 aromatic heterocycles. The fourth-order valence-corrected chi connectivity index (χ4v) is 3.70. The molecule has 4 nitrogen and oxygen atoms in total. The molecule has 0 heterocycles. The molecule has 6 heteroatoms. The van der Waals surface area contributed by atoms with Gasteiger partial charge in [-0.25, -0.2) is 8.42 Å². The second-order valence-corrected chi connectivity index (χ2v) is 7.03. The molecule has 18 heavy (non-hydrogen) atoms.